The maximum Gasteiger partial charge on any atom is 0.322 e. The molecule has 2 heterocycles. The van der Waals surface area contributed by atoms with Crippen molar-refractivity contribution in [1.82, 2.24) is 15.0 Å². The van der Waals surface area contributed by atoms with Gasteiger partial charge in [-0.25, -0.2) is 4.79 Å². The number of methoxy groups -OCH3 is 1. The van der Waals surface area contributed by atoms with E-state index in [9.17, 15) is 14.4 Å². The van der Waals surface area contributed by atoms with Crippen molar-refractivity contribution in [3.63, 3.8) is 0 Å². The third kappa shape index (κ3) is 3.26. The quantitative estimate of drug-likeness (QED) is 0.424. The van der Waals surface area contributed by atoms with E-state index in [2.05, 4.69) is 5.23 Å². The Morgan fingerprint density at radius 3 is 2.36 bits per heavy atom. The Labute approximate surface area is 131 Å². The molecule has 0 spiro atoms. The van der Waals surface area contributed by atoms with Crippen LogP contribution in [0.25, 0.3) is 0 Å². The van der Waals surface area contributed by atoms with Gasteiger partial charge in [-0.15, -0.1) is 0 Å². The van der Waals surface area contributed by atoms with Gasteiger partial charge in [-0.05, 0) is 31.6 Å². The van der Waals surface area contributed by atoms with Crippen molar-refractivity contribution in [3.05, 3.63) is 0 Å². The van der Waals surface area contributed by atoms with Crippen LogP contribution in [-0.2, 0) is 14.3 Å². The first-order valence-corrected chi connectivity index (χ1v) is 7.74. The van der Waals surface area contributed by atoms with E-state index in [0.717, 1.165) is 31.9 Å². The molecule has 0 aromatic heterocycles. The van der Waals surface area contributed by atoms with Crippen molar-refractivity contribution in [2.24, 2.45) is 5.92 Å². The number of hydrogen-bond donors (Lipinski definition) is 1. The van der Waals surface area contributed by atoms with Crippen molar-refractivity contribution in [1.29, 1.82) is 0 Å². The van der Waals surface area contributed by atoms with E-state index < -0.39 is 6.04 Å². The lowest BCUT2D eigenvalue weighted by Gasteiger charge is -2.42. The van der Waals surface area contributed by atoms with Crippen LogP contribution in [-0.4, -0.2) is 74.7 Å². The monoisotopic (exact) mass is 309 g/mol. The highest BCUT2D eigenvalue weighted by atomic mass is 16.5. The first-order chi connectivity index (χ1) is 10.5. The van der Waals surface area contributed by atoms with E-state index in [1.807, 2.05) is 4.90 Å². The SMILES string of the molecule is COC(=O)[C@@H](NBC=O)C1CC2CCC(C1)N2C(=O)N(C)C. The lowest BCUT2D eigenvalue weighted by Crippen LogP contribution is -2.55. The van der Waals surface area contributed by atoms with E-state index in [-0.39, 0.29) is 37.4 Å². The fraction of sp³-hybridized carbons (Fsp3) is 0.786. The number of carbonyl (C=O) groups is 3. The summed E-state index contributed by atoms with van der Waals surface area (Å²) in [6.07, 6.45) is 4.23. The van der Waals surface area contributed by atoms with Gasteiger partial charge in [0.1, 0.15) is 0 Å². The minimum absolute atomic E-state index is 0.0430. The van der Waals surface area contributed by atoms with Crippen LogP contribution >= 0.6 is 0 Å². The van der Waals surface area contributed by atoms with Crippen LogP contribution < -0.4 is 5.23 Å². The summed E-state index contributed by atoms with van der Waals surface area (Å²) in [6, 6.07) is -0.0935. The van der Waals surface area contributed by atoms with Crippen LogP contribution in [0.4, 0.5) is 4.79 Å². The van der Waals surface area contributed by atoms with Gasteiger partial charge in [-0.2, -0.15) is 0 Å². The fourth-order valence-corrected chi connectivity index (χ4v) is 3.78. The molecular formula is C14H24BN3O4. The first kappa shape index (κ1) is 16.8. The zero-order chi connectivity index (χ0) is 16.3. The molecule has 8 heteroatoms. The van der Waals surface area contributed by atoms with Gasteiger partial charge in [-0.3, -0.25) is 4.79 Å². The van der Waals surface area contributed by atoms with E-state index in [1.165, 1.54) is 7.11 Å². The van der Waals surface area contributed by atoms with Crippen LogP contribution in [0, 0.1) is 5.92 Å². The van der Waals surface area contributed by atoms with E-state index >= 15 is 0 Å². The van der Waals surface area contributed by atoms with E-state index in [1.54, 1.807) is 19.0 Å². The summed E-state index contributed by atoms with van der Waals surface area (Å²) >= 11 is 0. The Kier molecular flexibility index (Phi) is 5.44. The zero-order valence-corrected chi connectivity index (χ0v) is 13.4. The van der Waals surface area contributed by atoms with Crippen molar-refractivity contribution >= 4 is 25.6 Å². The maximum atomic E-state index is 12.3. The summed E-state index contributed by atoms with van der Waals surface area (Å²) in [5, 5.41) is 2.97. The number of nitrogens with zero attached hydrogens (tertiary/aromatic N) is 2. The lowest BCUT2D eigenvalue weighted by molar-refractivity contribution is -0.144. The summed E-state index contributed by atoms with van der Waals surface area (Å²) < 4.78 is 4.86. The average molecular weight is 309 g/mol. The summed E-state index contributed by atoms with van der Waals surface area (Å²) in [6.45, 7) is 0. The van der Waals surface area contributed by atoms with Crippen LogP contribution in [0.3, 0.4) is 0 Å². The lowest BCUT2D eigenvalue weighted by atomic mass is 9.82. The molecule has 2 bridgehead atoms. The molecular weight excluding hydrogens is 285 g/mol. The molecule has 122 valence electrons. The number of piperidine rings is 1. The maximum absolute atomic E-state index is 12.3. The number of urea groups is 1. The van der Waals surface area contributed by atoms with Crippen LogP contribution in [0.2, 0.25) is 0 Å². The fourth-order valence-electron chi connectivity index (χ4n) is 3.78. The van der Waals surface area contributed by atoms with Gasteiger partial charge >= 0.3 is 12.0 Å². The largest absolute Gasteiger partial charge is 0.468 e. The van der Waals surface area contributed by atoms with Crippen molar-refractivity contribution in [2.75, 3.05) is 21.2 Å². The number of esters is 1. The molecule has 0 saturated carbocycles. The molecule has 0 aliphatic carbocycles. The van der Waals surface area contributed by atoms with Crippen LogP contribution in [0.5, 0.6) is 0 Å². The number of amides is 2. The predicted molar refractivity (Wildman–Crippen MR) is 83.3 cm³/mol. The summed E-state index contributed by atoms with van der Waals surface area (Å²) in [4.78, 5) is 38.4. The molecule has 2 unspecified atom stereocenters. The highest BCUT2D eigenvalue weighted by molar-refractivity contribution is 6.64. The number of nitrogens with one attached hydrogen (secondary N) is 1. The molecule has 2 aliphatic heterocycles. The second-order valence-corrected chi connectivity index (χ2v) is 6.28. The Morgan fingerprint density at radius 1 is 1.32 bits per heavy atom. The second-order valence-electron chi connectivity index (χ2n) is 6.28. The molecule has 0 aromatic rings. The Hall–Kier alpha value is -1.57. The number of hydrogen-bond acceptors (Lipinski definition) is 5. The number of ether oxygens (including phenoxy) is 1. The van der Waals surface area contributed by atoms with Crippen LogP contribution in [0.15, 0.2) is 0 Å². The third-order valence-corrected chi connectivity index (χ3v) is 4.72. The van der Waals surface area contributed by atoms with Crippen molar-refractivity contribution in [3.8, 4) is 0 Å². The summed E-state index contributed by atoms with van der Waals surface area (Å²) in [5.74, 6) is -0.241. The Bertz CT molecular complexity index is 432. The number of rotatable bonds is 5. The molecule has 1 N–H and O–H groups in total. The number of carbonyl (C=O) groups excluding carboxylic acids is 3. The Balaban J connectivity index is 2.08. The van der Waals surface area contributed by atoms with Gasteiger partial charge in [-0.1, -0.05) is 0 Å². The van der Waals surface area contributed by atoms with Gasteiger partial charge < -0.3 is 24.6 Å². The highest BCUT2D eigenvalue weighted by Gasteiger charge is 2.46. The minimum Gasteiger partial charge on any atom is -0.468 e. The normalized spacial score (nSPS) is 28.0. The Morgan fingerprint density at radius 2 is 1.91 bits per heavy atom. The molecule has 2 amide bonds. The van der Waals surface area contributed by atoms with Gasteiger partial charge in [0, 0.05) is 26.2 Å². The topological polar surface area (TPSA) is 79.0 Å². The van der Waals surface area contributed by atoms with E-state index in [0.29, 0.717) is 0 Å². The molecule has 0 radical (unpaired) electrons. The van der Waals surface area contributed by atoms with Crippen molar-refractivity contribution < 1.29 is 19.1 Å². The van der Waals surface area contributed by atoms with Crippen LogP contribution in [0.1, 0.15) is 25.7 Å². The molecule has 0 aromatic carbocycles. The molecule has 2 saturated heterocycles. The van der Waals surface area contributed by atoms with Gasteiger partial charge in [0.15, 0.2) is 0 Å². The summed E-state index contributed by atoms with van der Waals surface area (Å²) in [7, 11) is 5.01. The van der Waals surface area contributed by atoms with Gasteiger partial charge in [0.25, 0.3) is 7.41 Å². The molecule has 7 nitrogen and oxygen atoms in total. The molecule has 3 atom stereocenters. The molecule has 2 rings (SSSR count). The third-order valence-electron chi connectivity index (χ3n) is 4.72. The van der Waals surface area contributed by atoms with Gasteiger partial charge in [0.05, 0.1) is 19.3 Å². The standard InChI is InChI=1S/C14H24BN3O4/c1-17(2)14(21)18-10-4-5-11(18)7-9(6-10)12(13(20)22-3)16-15-8-19/h8-12,15-16H,4-7H2,1-3H3/t9?,10?,11?,12-/m0/s1. The van der Waals surface area contributed by atoms with Gasteiger partial charge in [0.2, 0.25) is 0 Å². The molecule has 2 fully saturated rings. The first-order valence-electron chi connectivity index (χ1n) is 7.74. The zero-order valence-electron chi connectivity index (χ0n) is 13.4. The molecule has 2 aliphatic rings. The highest BCUT2D eigenvalue weighted by Crippen LogP contribution is 2.40. The smallest absolute Gasteiger partial charge is 0.322 e. The molecule has 22 heavy (non-hydrogen) atoms. The van der Waals surface area contributed by atoms with Crippen molar-refractivity contribution in [2.45, 2.75) is 43.8 Å². The van der Waals surface area contributed by atoms with E-state index in [4.69, 9.17) is 4.74 Å². The second kappa shape index (κ2) is 7.13. The predicted octanol–water partition coefficient (Wildman–Crippen LogP) is -0.416. The average Bonchev–Trinajstić information content (AvgIpc) is 2.76. The number of fused-ring (bicyclic) bond motifs is 2. The summed E-state index contributed by atoms with van der Waals surface area (Å²) in [5.41, 5.74) is 0. The minimum atomic E-state index is -0.477.